The molecule has 4 rings (SSSR count). The van der Waals surface area contributed by atoms with Crippen molar-refractivity contribution in [3.63, 3.8) is 0 Å². The van der Waals surface area contributed by atoms with Gasteiger partial charge in [-0.2, -0.15) is 0 Å². The Balaban J connectivity index is 1.60. The Morgan fingerprint density at radius 3 is 2.89 bits per heavy atom. The highest BCUT2D eigenvalue weighted by Gasteiger charge is 2.14. The van der Waals surface area contributed by atoms with Crippen LogP contribution >= 0.6 is 22.9 Å². The lowest BCUT2D eigenvalue weighted by molar-refractivity contribution is 0.102. The fourth-order valence-corrected chi connectivity index (χ4v) is 3.81. The first-order valence-corrected chi connectivity index (χ1v) is 9.19. The summed E-state index contributed by atoms with van der Waals surface area (Å²) >= 11 is 7.81. The summed E-state index contributed by atoms with van der Waals surface area (Å²) in [5, 5.41) is 11.9. The van der Waals surface area contributed by atoms with Gasteiger partial charge in [-0.1, -0.05) is 11.6 Å². The molecule has 0 aliphatic heterocycles. The van der Waals surface area contributed by atoms with Crippen molar-refractivity contribution in [3.05, 3.63) is 71.3 Å². The molecule has 6 nitrogen and oxygen atoms in total. The van der Waals surface area contributed by atoms with Crippen LogP contribution in [-0.4, -0.2) is 21.1 Å². The lowest BCUT2D eigenvalue weighted by Gasteiger charge is -2.05. The number of carbonyl (C=O) groups is 1. The van der Waals surface area contributed by atoms with Crippen LogP contribution in [0.4, 0.5) is 5.00 Å². The fourth-order valence-electron chi connectivity index (χ4n) is 2.60. The van der Waals surface area contributed by atoms with E-state index in [0.717, 1.165) is 26.6 Å². The van der Waals surface area contributed by atoms with Crippen molar-refractivity contribution in [1.29, 1.82) is 0 Å². The maximum Gasteiger partial charge on any atom is 0.256 e. The van der Waals surface area contributed by atoms with E-state index >= 15 is 0 Å². The second kappa shape index (κ2) is 7.30. The summed E-state index contributed by atoms with van der Waals surface area (Å²) in [4.78, 5) is 17.4. The molecule has 8 heteroatoms. The van der Waals surface area contributed by atoms with Gasteiger partial charge in [0.05, 0.1) is 5.00 Å². The molecule has 3 aromatic heterocycles. The topological polar surface area (TPSA) is 80.9 Å². The number of pyridine rings is 1. The first kappa shape index (κ1) is 17.4. The summed E-state index contributed by atoms with van der Waals surface area (Å²) in [6.45, 7) is 1.85. The summed E-state index contributed by atoms with van der Waals surface area (Å²) in [6.07, 6.45) is 4.55. The van der Waals surface area contributed by atoms with Gasteiger partial charge in [-0.25, -0.2) is 0 Å². The summed E-state index contributed by atoms with van der Waals surface area (Å²) in [7, 11) is 0. The number of halogens is 1. The number of carbonyl (C=O) groups excluding carboxylic acids is 1. The Morgan fingerprint density at radius 1 is 1.22 bits per heavy atom. The molecule has 1 aromatic carbocycles. The number of hydrogen-bond acceptors (Lipinski definition) is 6. The minimum atomic E-state index is -0.172. The zero-order valence-electron chi connectivity index (χ0n) is 14.1. The number of benzene rings is 1. The van der Waals surface area contributed by atoms with Gasteiger partial charge in [-0.3, -0.25) is 9.78 Å². The van der Waals surface area contributed by atoms with Crippen molar-refractivity contribution in [2.75, 3.05) is 5.32 Å². The maximum absolute atomic E-state index is 12.5. The second-order valence-electron chi connectivity index (χ2n) is 5.75. The number of anilines is 1. The van der Waals surface area contributed by atoms with E-state index in [4.69, 9.17) is 16.0 Å². The summed E-state index contributed by atoms with van der Waals surface area (Å²) < 4.78 is 5.24. The molecule has 0 radical (unpaired) electrons. The predicted octanol–water partition coefficient (Wildman–Crippen LogP) is 5.07. The van der Waals surface area contributed by atoms with Crippen molar-refractivity contribution >= 4 is 33.8 Å². The summed E-state index contributed by atoms with van der Waals surface area (Å²) in [6, 6.07) is 11.0. The smallest absolute Gasteiger partial charge is 0.256 e. The second-order valence-corrected chi connectivity index (χ2v) is 7.24. The lowest BCUT2D eigenvalue weighted by atomic mass is 10.1. The van der Waals surface area contributed by atoms with E-state index in [1.807, 2.05) is 31.2 Å². The number of aryl methyl sites for hydroxylation is 1. The summed E-state index contributed by atoms with van der Waals surface area (Å²) in [5.41, 5.74) is 3.02. The van der Waals surface area contributed by atoms with Crippen LogP contribution in [0.1, 0.15) is 15.9 Å². The molecule has 134 valence electrons. The van der Waals surface area contributed by atoms with E-state index in [2.05, 4.69) is 20.5 Å². The molecular formula is C19H13ClN4O2S. The monoisotopic (exact) mass is 396 g/mol. The van der Waals surface area contributed by atoms with Crippen molar-refractivity contribution in [1.82, 2.24) is 15.2 Å². The van der Waals surface area contributed by atoms with E-state index in [1.54, 1.807) is 24.5 Å². The van der Waals surface area contributed by atoms with Crippen molar-refractivity contribution in [2.24, 2.45) is 0 Å². The Morgan fingerprint density at radius 2 is 2.11 bits per heavy atom. The van der Waals surface area contributed by atoms with Crippen molar-refractivity contribution in [2.45, 2.75) is 6.92 Å². The van der Waals surface area contributed by atoms with Crippen LogP contribution in [0.15, 0.2) is 59.6 Å². The molecule has 4 aromatic rings. The number of amides is 1. The predicted molar refractivity (Wildman–Crippen MR) is 105 cm³/mol. The molecule has 0 unspecified atom stereocenters. The van der Waals surface area contributed by atoms with E-state index in [9.17, 15) is 4.79 Å². The van der Waals surface area contributed by atoms with Gasteiger partial charge < -0.3 is 9.73 Å². The molecule has 0 saturated carbocycles. The van der Waals surface area contributed by atoms with Gasteiger partial charge in [0, 0.05) is 39.0 Å². The highest BCUT2D eigenvalue weighted by atomic mass is 35.5. The van der Waals surface area contributed by atoms with E-state index in [0.29, 0.717) is 16.5 Å². The first-order chi connectivity index (χ1) is 13.1. The Kier molecular flexibility index (Phi) is 4.70. The molecule has 1 N–H and O–H groups in total. The first-order valence-electron chi connectivity index (χ1n) is 8.00. The molecule has 0 aliphatic carbocycles. The molecule has 0 bridgehead atoms. The largest absolute Gasteiger partial charge is 0.423 e. The van der Waals surface area contributed by atoms with Crippen LogP contribution in [0.25, 0.3) is 21.9 Å². The highest BCUT2D eigenvalue weighted by Crippen LogP contribution is 2.37. The van der Waals surface area contributed by atoms with Gasteiger partial charge in [-0.15, -0.1) is 21.5 Å². The number of nitrogens with zero attached hydrogens (tertiary/aromatic N) is 3. The van der Waals surface area contributed by atoms with E-state index < -0.39 is 0 Å². The molecule has 0 saturated heterocycles. The number of nitrogens with one attached hydrogen (secondary N) is 1. The van der Waals surface area contributed by atoms with Crippen molar-refractivity contribution < 1.29 is 9.21 Å². The average molecular weight is 397 g/mol. The van der Waals surface area contributed by atoms with Gasteiger partial charge in [0.1, 0.15) is 0 Å². The Bertz CT molecular complexity index is 1110. The van der Waals surface area contributed by atoms with Gasteiger partial charge in [0.15, 0.2) is 0 Å². The minimum absolute atomic E-state index is 0.172. The number of thiophene rings is 1. The highest BCUT2D eigenvalue weighted by molar-refractivity contribution is 7.19. The quantitative estimate of drug-likeness (QED) is 0.520. The van der Waals surface area contributed by atoms with E-state index in [1.165, 1.54) is 17.7 Å². The fraction of sp³-hybridized carbons (Fsp3) is 0.0526. The van der Waals surface area contributed by atoms with Crippen LogP contribution in [0.2, 0.25) is 5.02 Å². The van der Waals surface area contributed by atoms with Gasteiger partial charge in [0.2, 0.25) is 12.3 Å². The minimum Gasteiger partial charge on any atom is -0.423 e. The van der Waals surface area contributed by atoms with Gasteiger partial charge in [-0.05, 0) is 48.9 Å². The zero-order chi connectivity index (χ0) is 18.8. The standard InChI is InChI=1S/C19H13ClN4O2S/c1-11-9-21-7-6-13(11)18(25)23-17-5-4-16(27-17)14-8-12(2-3-15(14)20)19-24-22-10-26-19/h2-10H,1H3,(H,23,25). The third-order valence-electron chi connectivity index (χ3n) is 3.95. The van der Waals surface area contributed by atoms with Crippen LogP contribution in [-0.2, 0) is 0 Å². The maximum atomic E-state index is 12.5. The Hall–Kier alpha value is -3.03. The molecule has 0 atom stereocenters. The molecule has 0 spiro atoms. The van der Waals surface area contributed by atoms with E-state index in [-0.39, 0.29) is 5.91 Å². The average Bonchev–Trinajstić information content (AvgIpc) is 3.34. The number of aromatic nitrogens is 3. The third-order valence-corrected chi connectivity index (χ3v) is 5.31. The van der Waals surface area contributed by atoms with Gasteiger partial charge in [0.25, 0.3) is 5.91 Å². The molecule has 27 heavy (non-hydrogen) atoms. The number of rotatable bonds is 4. The number of hydrogen-bond donors (Lipinski definition) is 1. The van der Waals surface area contributed by atoms with Gasteiger partial charge >= 0.3 is 0 Å². The van der Waals surface area contributed by atoms with Crippen molar-refractivity contribution in [3.8, 4) is 21.9 Å². The van der Waals surface area contributed by atoms with Crippen LogP contribution in [0.5, 0.6) is 0 Å². The van der Waals surface area contributed by atoms with Crippen LogP contribution in [0.3, 0.4) is 0 Å². The molecule has 1 amide bonds. The SMILES string of the molecule is Cc1cnccc1C(=O)Nc1ccc(-c2cc(-c3nnco3)ccc2Cl)s1. The molecule has 0 aliphatic rings. The zero-order valence-corrected chi connectivity index (χ0v) is 15.7. The normalized spacial score (nSPS) is 10.7. The lowest BCUT2D eigenvalue weighted by Crippen LogP contribution is -2.12. The van der Waals surface area contributed by atoms with Crippen LogP contribution < -0.4 is 5.32 Å². The summed E-state index contributed by atoms with van der Waals surface area (Å²) in [5.74, 6) is 0.250. The van der Waals surface area contributed by atoms with Crippen LogP contribution in [0, 0.1) is 6.92 Å². The third kappa shape index (κ3) is 3.60. The molecule has 0 fully saturated rings. The molecule has 3 heterocycles. The Labute approximate surface area is 163 Å². The molecular weight excluding hydrogens is 384 g/mol.